The molecule has 0 spiro atoms. The fourth-order valence-electron chi connectivity index (χ4n) is 3.84. The van der Waals surface area contributed by atoms with Gasteiger partial charge in [-0.1, -0.05) is 18.2 Å². The number of ether oxygens (including phenoxy) is 1. The summed E-state index contributed by atoms with van der Waals surface area (Å²) in [6, 6.07) is 8.27. The van der Waals surface area contributed by atoms with E-state index in [0.29, 0.717) is 32.7 Å². The van der Waals surface area contributed by atoms with E-state index in [9.17, 15) is 9.59 Å². The molecule has 1 aromatic rings. The van der Waals surface area contributed by atoms with Gasteiger partial charge in [-0.15, -0.1) is 0 Å². The van der Waals surface area contributed by atoms with Gasteiger partial charge in [0, 0.05) is 24.8 Å². The van der Waals surface area contributed by atoms with Crippen LogP contribution in [0.15, 0.2) is 24.3 Å². The van der Waals surface area contributed by atoms with Gasteiger partial charge in [0.15, 0.2) is 0 Å². The van der Waals surface area contributed by atoms with E-state index in [1.54, 1.807) is 0 Å². The van der Waals surface area contributed by atoms with Crippen LogP contribution in [0.4, 0.5) is 5.69 Å². The average Bonchev–Trinajstić information content (AvgIpc) is 3.30. The second-order valence-corrected chi connectivity index (χ2v) is 6.78. The van der Waals surface area contributed by atoms with E-state index in [4.69, 9.17) is 4.74 Å². The summed E-state index contributed by atoms with van der Waals surface area (Å²) in [5.74, 6) is -0.0136. The van der Waals surface area contributed by atoms with Crippen molar-refractivity contribution in [3.05, 3.63) is 29.8 Å². The fraction of sp³-hybridized carbons (Fsp3) is 0.556. The first-order valence-corrected chi connectivity index (χ1v) is 8.44. The monoisotopic (exact) mass is 314 g/mol. The molecular formula is C18H22N2O3. The van der Waals surface area contributed by atoms with Crippen molar-refractivity contribution in [2.24, 2.45) is 11.8 Å². The highest BCUT2D eigenvalue weighted by Crippen LogP contribution is 2.44. The van der Waals surface area contributed by atoms with E-state index in [1.807, 2.05) is 28.0 Å². The van der Waals surface area contributed by atoms with Crippen molar-refractivity contribution in [1.29, 1.82) is 0 Å². The van der Waals surface area contributed by atoms with Gasteiger partial charge in [0.1, 0.15) is 0 Å². The maximum atomic E-state index is 12.9. The molecule has 1 saturated carbocycles. The van der Waals surface area contributed by atoms with E-state index in [0.717, 1.165) is 12.1 Å². The first-order valence-electron chi connectivity index (χ1n) is 8.44. The van der Waals surface area contributed by atoms with E-state index >= 15 is 0 Å². The molecule has 3 unspecified atom stereocenters. The Morgan fingerprint density at radius 3 is 2.57 bits per heavy atom. The molecule has 1 aromatic carbocycles. The van der Waals surface area contributed by atoms with Crippen molar-refractivity contribution in [3.63, 3.8) is 0 Å². The lowest BCUT2D eigenvalue weighted by atomic mass is 10.1. The van der Waals surface area contributed by atoms with E-state index < -0.39 is 0 Å². The molecule has 2 fully saturated rings. The summed E-state index contributed by atoms with van der Waals surface area (Å²) in [6.07, 6.45) is 1.59. The van der Waals surface area contributed by atoms with Crippen LogP contribution in [0, 0.1) is 11.8 Å². The van der Waals surface area contributed by atoms with Crippen LogP contribution in [-0.2, 0) is 20.7 Å². The molecule has 5 nitrogen and oxygen atoms in total. The largest absolute Gasteiger partial charge is 0.378 e. The highest BCUT2D eigenvalue weighted by molar-refractivity contribution is 6.02. The first kappa shape index (κ1) is 14.7. The number of rotatable bonds is 2. The number of fused-ring (bicyclic) bond motifs is 1. The summed E-state index contributed by atoms with van der Waals surface area (Å²) < 4.78 is 5.29. The summed E-state index contributed by atoms with van der Waals surface area (Å²) in [7, 11) is 0. The Hall–Kier alpha value is -1.88. The average molecular weight is 314 g/mol. The molecule has 2 aliphatic heterocycles. The minimum absolute atomic E-state index is 0.119. The molecule has 0 radical (unpaired) electrons. The van der Waals surface area contributed by atoms with Gasteiger partial charge in [0.25, 0.3) is 0 Å². The van der Waals surface area contributed by atoms with Crippen LogP contribution in [-0.4, -0.2) is 49.1 Å². The van der Waals surface area contributed by atoms with Gasteiger partial charge >= 0.3 is 0 Å². The zero-order valence-corrected chi connectivity index (χ0v) is 13.4. The number of carbonyl (C=O) groups is 2. The van der Waals surface area contributed by atoms with Crippen LogP contribution in [0.3, 0.4) is 0 Å². The van der Waals surface area contributed by atoms with Crippen molar-refractivity contribution in [2.45, 2.75) is 25.8 Å². The Morgan fingerprint density at radius 2 is 1.78 bits per heavy atom. The standard InChI is InChI=1S/C18H22N2O3/c1-12-10-13-4-2-3-5-16(13)20(12)18(22)15-11-14(15)17(21)19-6-8-23-9-7-19/h2-5,12,14-15H,6-11H2,1H3. The fourth-order valence-corrected chi connectivity index (χ4v) is 3.84. The third kappa shape index (κ3) is 2.53. The lowest BCUT2D eigenvalue weighted by Crippen LogP contribution is -2.43. The van der Waals surface area contributed by atoms with Gasteiger partial charge in [0.05, 0.1) is 25.0 Å². The van der Waals surface area contributed by atoms with Crippen molar-refractivity contribution < 1.29 is 14.3 Å². The van der Waals surface area contributed by atoms with Gasteiger partial charge in [0.2, 0.25) is 11.8 Å². The lowest BCUT2D eigenvalue weighted by molar-refractivity contribution is -0.138. The Bertz CT molecular complexity index is 639. The third-order valence-electron chi connectivity index (χ3n) is 5.19. The molecule has 5 heteroatoms. The Labute approximate surface area is 136 Å². The van der Waals surface area contributed by atoms with Gasteiger partial charge in [-0.05, 0) is 31.4 Å². The van der Waals surface area contributed by atoms with Crippen LogP contribution < -0.4 is 4.90 Å². The molecule has 4 rings (SSSR count). The van der Waals surface area contributed by atoms with Gasteiger partial charge in [-0.3, -0.25) is 9.59 Å². The van der Waals surface area contributed by atoms with Crippen LogP contribution in [0.1, 0.15) is 18.9 Å². The highest BCUT2D eigenvalue weighted by Gasteiger charge is 2.52. The normalized spacial score (nSPS) is 29.3. The van der Waals surface area contributed by atoms with E-state index in [2.05, 4.69) is 13.0 Å². The van der Waals surface area contributed by atoms with Crippen molar-refractivity contribution in [3.8, 4) is 0 Å². The summed E-state index contributed by atoms with van der Waals surface area (Å²) >= 11 is 0. The minimum atomic E-state index is -0.140. The number of anilines is 1. The summed E-state index contributed by atoms with van der Waals surface area (Å²) in [5, 5.41) is 0. The molecule has 23 heavy (non-hydrogen) atoms. The Balaban J connectivity index is 1.46. The maximum Gasteiger partial charge on any atom is 0.231 e. The molecule has 2 amide bonds. The Kier molecular flexibility index (Phi) is 3.60. The predicted octanol–water partition coefficient (Wildman–Crippen LogP) is 1.46. The molecule has 0 N–H and O–H groups in total. The number of hydrogen-bond acceptors (Lipinski definition) is 3. The number of amides is 2. The van der Waals surface area contributed by atoms with Crippen LogP contribution in [0.25, 0.3) is 0 Å². The van der Waals surface area contributed by atoms with Crippen LogP contribution in [0.5, 0.6) is 0 Å². The molecule has 0 aromatic heterocycles. The Morgan fingerprint density at radius 1 is 1.09 bits per heavy atom. The maximum absolute atomic E-state index is 12.9. The van der Waals surface area contributed by atoms with E-state index in [1.165, 1.54) is 5.56 Å². The first-order chi connectivity index (χ1) is 11.2. The second-order valence-electron chi connectivity index (χ2n) is 6.78. The van der Waals surface area contributed by atoms with E-state index in [-0.39, 0.29) is 29.7 Å². The van der Waals surface area contributed by atoms with Crippen LogP contribution >= 0.6 is 0 Å². The van der Waals surface area contributed by atoms with Gasteiger partial charge in [-0.25, -0.2) is 0 Å². The van der Waals surface area contributed by atoms with Crippen molar-refractivity contribution >= 4 is 17.5 Å². The van der Waals surface area contributed by atoms with Crippen molar-refractivity contribution in [2.75, 3.05) is 31.2 Å². The molecule has 2 heterocycles. The highest BCUT2D eigenvalue weighted by atomic mass is 16.5. The smallest absolute Gasteiger partial charge is 0.231 e. The zero-order chi connectivity index (χ0) is 16.0. The third-order valence-corrected chi connectivity index (χ3v) is 5.19. The summed E-state index contributed by atoms with van der Waals surface area (Å²) in [4.78, 5) is 29.2. The predicted molar refractivity (Wildman–Crippen MR) is 86.1 cm³/mol. The number of carbonyl (C=O) groups excluding carboxylic acids is 2. The number of morpholine rings is 1. The summed E-state index contributed by atoms with van der Waals surface area (Å²) in [6.45, 7) is 4.60. The van der Waals surface area contributed by atoms with Crippen molar-refractivity contribution in [1.82, 2.24) is 4.90 Å². The van der Waals surface area contributed by atoms with Gasteiger partial charge in [-0.2, -0.15) is 0 Å². The SMILES string of the molecule is CC1Cc2ccccc2N1C(=O)C1CC1C(=O)N1CCOCC1. The zero-order valence-electron chi connectivity index (χ0n) is 13.4. The molecule has 1 aliphatic carbocycles. The number of hydrogen-bond donors (Lipinski definition) is 0. The van der Waals surface area contributed by atoms with Crippen LogP contribution in [0.2, 0.25) is 0 Å². The molecule has 0 bridgehead atoms. The second kappa shape index (κ2) is 5.64. The molecule has 3 aliphatic rings. The lowest BCUT2D eigenvalue weighted by Gasteiger charge is -2.27. The quantitative estimate of drug-likeness (QED) is 0.830. The number of benzene rings is 1. The molecule has 3 atom stereocenters. The van der Waals surface area contributed by atoms with Gasteiger partial charge < -0.3 is 14.5 Å². The number of nitrogens with zero attached hydrogens (tertiary/aromatic N) is 2. The topological polar surface area (TPSA) is 49.9 Å². The molecular weight excluding hydrogens is 292 g/mol. The number of para-hydroxylation sites is 1. The minimum Gasteiger partial charge on any atom is -0.378 e. The molecule has 122 valence electrons. The molecule has 1 saturated heterocycles. The summed E-state index contributed by atoms with van der Waals surface area (Å²) in [5.41, 5.74) is 2.25.